The molecule has 0 atom stereocenters. The summed E-state index contributed by atoms with van der Waals surface area (Å²) in [5, 5.41) is 3.48. The second kappa shape index (κ2) is 7.64. The Morgan fingerprint density at radius 1 is 0.903 bits per heavy atom. The largest absolute Gasteiger partial charge is 0.493 e. The van der Waals surface area contributed by atoms with Crippen LogP contribution in [0.3, 0.4) is 0 Å². The van der Waals surface area contributed by atoms with Gasteiger partial charge < -0.3 is 29.0 Å². The van der Waals surface area contributed by atoms with Crippen LogP contribution < -0.4 is 29.0 Å². The molecular weight excluding hydrogens is 398 g/mol. The molecule has 2 aromatic carbocycles. The van der Waals surface area contributed by atoms with Crippen LogP contribution in [0.25, 0.3) is 16.9 Å². The second-order valence-corrected chi connectivity index (χ2v) is 6.84. The normalized spacial score (nSPS) is 12.1. The van der Waals surface area contributed by atoms with Crippen LogP contribution in [0.5, 0.6) is 28.7 Å². The van der Waals surface area contributed by atoms with Crippen molar-refractivity contribution in [1.29, 1.82) is 0 Å². The lowest BCUT2D eigenvalue weighted by Gasteiger charge is -2.14. The van der Waals surface area contributed by atoms with Crippen molar-refractivity contribution in [2.45, 2.75) is 0 Å². The number of hydrogen-bond donors (Lipinski definition) is 1. The lowest BCUT2D eigenvalue weighted by atomic mass is 10.1. The molecule has 1 aliphatic rings. The summed E-state index contributed by atoms with van der Waals surface area (Å²) >= 11 is 0. The van der Waals surface area contributed by atoms with E-state index in [0.717, 1.165) is 34.2 Å². The van der Waals surface area contributed by atoms with Gasteiger partial charge in [0.25, 0.3) is 0 Å². The molecule has 0 saturated carbocycles. The van der Waals surface area contributed by atoms with Crippen LogP contribution in [0.2, 0.25) is 0 Å². The van der Waals surface area contributed by atoms with Crippen LogP contribution in [0.4, 0.5) is 11.5 Å². The van der Waals surface area contributed by atoms with E-state index in [9.17, 15) is 0 Å². The van der Waals surface area contributed by atoms with E-state index in [0.29, 0.717) is 23.0 Å². The predicted octanol–water partition coefficient (Wildman–Crippen LogP) is 4.50. The highest BCUT2D eigenvalue weighted by atomic mass is 16.7. The first-order valence-electron chi connectivity index (χ1n) is 9.66. The fourth-order valence-electron chi connectivity index (χ4n) is 3.65. The van der Waals surface area contributed by atoms with Gasteiger partial charge >= 0.3 is 0 Å². The zero-order valence-corrected chi connectivity index (χ0v) is 17.3. The Balaban J connectivity index is 1.66. The maximum atomic E-state index is 5.53. The Morgan fingerprint density at radius 3 is 2.42 bits per heavy atom. The van der Waals surface area contributed by atoms with Crippen molar-refractivity contribution in [2.75, 3.05) is 33.4 Å². The van der Waals surface area contributed by atoms with E-state index in [2.05, 4.69) is 5.32 Å². The number of nitrogens with zero attached hydrogens (tertiary/aromatic N) is 2. The lowest BCUT2D eigenvalue weighted by molar-refractivity contribution is 0.174. The van der Waals surface area contributed by atoms with Gasteiger partial charge in [0.1, 0.15) is 17.2 Å². The van der Waals surface area contributed by atoms with Gasteiger partial charge in [0.15, 0.2) is 23.0 Å². The highest BCUT2D eigenvalue weighted by molar-refractivity contribution is 5.82. The number of benzene rings is 2. The average Bonchev–Trinajstić information content (AvgIpc) is 3.42. The van der Waals surface area contributed by atoms with Crippen LogP contribution in [-0.2, 0) is 0 Å². The van der Waals surface area contributed by atoms with Gasteiger partial charge in [-0.1, -0.05) is 6.07 Å². The van der Waals surface area contributed by atoms with Crippen LogP contribution >= 0.6 is 0 Å². The second-order valence-electron chi connectivity index (χ2n) is 6.84. The van der Waals surface area contributed by atoms with E-state index < -0.39 is 0 Å². The van der Waals surface area contributed by atoms with Gasteiger partial charge in [-0.3, -0.25) is 4.40 Å². The molecule has 158 valence electrons. The molecule has 5 rings (SSSR count). The third-order valence-corrected chi connectivity index (χ3v) is 5.10. The van der Waals surface area contributed by atoms with Crippen molar-refractivity contribution in [2.24, 2.45) is 0 Å². The number of methoxy groups -OCH3 is 3. The number of pyridine rings is 1. The molecule has 0 radical (unpaired) electrons. The van der Waals surface area contributed by atoms with E-state index in [1.165, 1.54) is 0 Å². The Bertz CT molecular complexity index is 1240. The van der Waals surface area contributed by atoms with Crippen LogP contribution in [0.15, 0.2) is 54.7 Å². The van der Waals surface area contributed by atoms with Gasteiger partial charge in [-0.2, -0.15) is 0 Å². The van der Waals surface area contributed by atoms with Crippen molar-refractivity contribution in [3.05, 3.63) is 54.7 Å². The zero-order valence-electron chi connectivity index (χ0n) is 17.3. The molecular formula is C23H21N3O5. The quantitative estimate of drug-likeness (QED) is 0.493. The van der Waals surface area contributed by atoms with E-state index in [-0.39, 0.29) is 6.79 Å². The number of rotatable bonds is 6. The molecule has 8 nitrogen and oxygen atoms in total. The summed E-state index contributed by atoms with van der Waals surface area (Å²) in [5.41, 5.74) is 3.21. The molecule has 1 N–H and O–H groups in total. The molecule has 0 spiro atoms. The fourth-order valence-corrected chi connectivity index (χ4v) is 3.65. The minimum absolute atomic E-state index is 0.227. The number of hydrogen-bond acceptors (Lipinski definition) is 7. The number of imidazole rings is 1. The van der Waals surface area contributed by atoms with Crippen LogP contribution in [0, 0.1) is 0 Å². The summed E-state index contributed by atoms with van der Waals surface area (Å²) in [6.45, 7) is 0.227. The van der Waals surface area contributed by atoms with Crippen LogP contribution in [0.1, 0.15) is 0 Å². The van der Waals surface area contributed by atoms with Gasteiger partial charge in [0.2, 0.25) is 12.5 Å². The van der Waals surface area contributed by atoms with Crippen LogP contribution in [-0.4, -0.2) is 37.5 Å². The fraction of sp³-hybridized carbons (Fsp3) is 0.174. The lowest BCUT2D eigenvalue weighted by Crippen LogP contribution is -1.98. The summed E-state index contributed by atoms with van der Waals surface area (Å²) in [7, 11) is 4.77. The molecule has 0 saturated heterocycles. The SMILES string of the molecule is COc1cc(-c2nc3ccccn3c2Nc2ccc3c(c2)OCO3)cc(OC)c1OC. The van der Waals surface area contributed by atoms with Crippen molar-refractivity contribution in [1.82, 2.24) is 9.38 Å². The number of fused-ring (bicyclic) bond motifs is 2. The molecule has 0 amide bonds. The molecule has 0 fully saturated rings. The summed E-state index contributed by atoms with van der Waals surface area (Å²) in [6, 6.07) is 15.4. The number of ether oxygens (including phenoxy) is 5. The monoisotopic (exact) mass is 419 g/mol. The molecule has 1 aliphatic heterocycles. The number of aromatic nitrogens is 2. The maximum Gasteiger partial charge on any atom is 0.231 e. The molecule has 8 heteroatoms. The summed E-state index contributed by atoms with van der Waals surface area (Å²) < 4.78 is 29.4. The smallest absolute Gasteiger partial charge is 0.231 e. The third-order valence-electron chi connectivity index (χ3n) is 5.10. The minimum Gasteiger partial charge on any atom is -0.493 e. The number of nitrogens with one attached hydrogen (secondary N) is 1. The Morgan fingerprint density at radius 2 is 1.68 bits per heavy atom. The first-order chi connectivity index (χ1) is 15.2. The summed E-state index contributed by atoms with van der Waals surface area (Å²) in [6.07, 6.45) is 1.96. The first kappa shape index (κ1) is 18.9. The van der Waals surface area contributed by atoms with E-state index in [4.69, 9.17) is 28.7 Å². The summed E-state index contributed by atoms with van der Waals surface area (Å²) in [5.74, 6) is 3.87. The van der Waals surface area contributed by atoms with Crippen molar-refractivity contribution in [3.63, 3.8) is 0 Å². The Labute approximate surface area is 178 Å². The molecule has 4 aromatic rings. The van der Waals surface area contributed by atoms with Crippen molar-refractivity contribution < 1.29 is 23.7 Å². The first-order valence-corrected chi connectivity index (χ1v) is 9.66. The highest BCUT2D eigenvalue weighted by Gasteiger charge is 2.21. The zero-order chi connectivity index (χ0) is 21.4. The molecule has 3 heterocycles. The van der Waals surface area contributed by atoms with Gasteiger partial charge in [-0.05, 0) is 36.4 Å². The highest BCUT2D eigenvalue weighted by Crippen LogP contribution is 2.43. The van der Waals surface area contributed by atoms with Gasteiger partial charge in [0, 0.05) is 23.5 Å². The average molecular weight is 419 g/mol. The van der Waals surface area contributed by atoms with E-state index in [1.807, 2.05) is 59.1 Å². The van der Waals surface area contributed by atoms with Crippen molar-refractivity contribution in [3.8, 4) is 40.0 Å². The van der Waals surface area contributed by atoms with E-state index in [1.54, 1.807) is 21.3 Å². The molecule has 31 heavy (non-hydrogen) atoms. The summed E-state index contributed by atoms with van der Waals surface area (Å²) in [4.78, 5) is 4.85. The molecule has 0 aliphatic carbocycles. The molecule has 0 unspecified atom stereocenters. The Kier molecular flexibility index (Phi) is 4.66. The number of anilines is 2. The van der Waals surface area contributed by atoms with Gasteiger partial charge in [-0.25, -0.2) is 4.98 Å². The molecule has 0 bridgehead atoms. The van der Waals surface area contributed by atoms with Gasteiger partial charge in [0.05, 0.1) is 21.3 Å². The van der Waals surface area contributed by atoms with E-state index >= 15 is 0 Å². The standard InChI is InChI=1S/C23H21N3O5/c1-27-18-10-14(11-19(28-2)22(18)29-3)21-23(26-9-5-4-6-20(26)25-21)24-15-7-8-16-17(12-15)31-13-30-16/h4-12,24H,13H2,1-3H3. The van der Waals surface area contributed by atoms with Crippen molar-refractivity contribution >= 4 is 17.2 Å². The maximum absolute atomic E-state index is 5.53. The Hall–Kier alpha value is -4.07. The third kappa shape index (κ3) is 3.22. The minimum atomic E-state index is 0.227. The topological polar surface area (TPSA) is 75.5 Å². The predicted molar refractivity (Wildman–Crippen MR) is 116 cm³/mol. The van der Waals surface area contributed by atoms with Gasteiger partial charge in [-0.15, -0.1) is 0 Å². The molecule has 2 aromatic heterocycles.